The van der Waals surface area contributed by atoms with E-state index in [2.05, 4.69) is 21.2 Å². The number of hydrogen-bond donors (Lipinski definition) is 1. The molecule has 0 unspecified atom stereocenters. The Labute approximate surface area is 144 Å². The fraction of sp³-hybridized carbons (Fsp3) is 0.235. The first-order chi connectivity index (χ1) is 10.4. The van der Waals surface area contributed by atoms with Gasteiger partial charge in [0.15, 0.2) is 0 Å². The van der Waals surface area contributed by atoms with E-state index < -0.39 is 0 Å². The first kappa shape index (κ1) is 17.0. The van der Waals surface area contributed by atoms with Gasteiger partial charge in [0.25, 0.3) is 0 Å². The van der Waals surface area contributed by atoms with Crippen molar-refractivity contribution in [1.82, 2.24) is 4.90 Å². The number of hydrogen-bond acceptors (Lipinski definition) is 2. The van der Waals surface area contributed by atoms with Crippen LogP contribution in [0.2, 0.25) is 5.02 Å². The molecular formula is C17H18BrClN2O. The number of anilines is 1. The lowest BCUT2D eigenvalue weighted by Crippen LogP contribution is -2.30. The molecule has 5 heteroatoms. The Bertz CT molecular complexity index is 658. The predicted molar refractivity (Wildman–Crippen MR) is 95.3 cm³/mol. The molecule has 0 saturated carbocycles. The van der Waals surface area contributed by atoms with Crippen molar-refractivity contribution in [3.8, 4) is 0 Å². The van der Waals surface area contributed by atoms with E-state index in [-0.39, 0.29) is 5.91 Å². The highest BCUT2D eigenvalue weighted by Gasteiger charge is 2.09. The SMILES string of the molecule is Cc1ccc(Cl)cc1NC(=O)CN(C)Cc1ccc(Br)cc1. The lowest BCUT2D eigenvalue weighted by atomic mass is 10.2. The third-order valence-corrected chi connectivity index (χ3v) is 4.02. The Morgan fingerprint density at radius 2 is 1.91 bits per heavy atom. The van der Waals surface area contributed by atoms with Crippen LogP contribution in [0.4, 0.5) is 5.69 Å². The fourth-order valence-electron chi connectivity index (χ4n) is 2.12. The number of nitrogens with one attached hydrogen (secondary N) is 1. The van der Waals surface area contributed by atoms with Crippen LogP contribution < -0.4 is 5.32 Å². The largest absolute Gasteiger partial charge is 0.325 e. The number of carbonyl (C=O) groups excluding carboxylic acids is 1. The van der Waals surface area contributed by atoms with Crippen LogP contribution in [0.3, 0.4) is 0 Å². The van der Waals surface area contributed by atoms with Crippen molar-refractivity contribution in [1.29, 1.82) is 0 Å². The number of carbonyl (C=O) groups is 1. The zero-order valence-corrected chi connectivity index (χ0v) is 14.9. The average molecular weight is 382 g/mol. The monoisotopic (exact) mass is 380 g/mol. The van der Waals surface area contributed by atoms with E-state index in [4.69, 9.17) is 11.6 Å². The van der Waals surface area contributed by atoms with Crippen LogP contribution in [-0.2, 0) is 11.3 Å². The molecule has 0 heterocycles. The molecule has 3 nitrogen and oxygen atoms in total. The highest BCUT2D eigenvalue weighted by atomic mass is 79.9. The summed E-state index contributed by atoms with van der Waals surface area (Å²) in [6.07, 6.45) is 0. The second-order valence-electron chi connectivity index (χ2n) is 5.31. The molecule has 0 aliphatic carbocycles. The van der Waals surface area contributed by atoms with Crippen molar-refractivity contribution in [3.05, 3.63) is 63.1 Å². The number of nitrogens with zero attached hydrogens (tertiary/aromatic N) is 1. The van der Waals surface area contributed by atoms with Crippen molar-refractivity contribution in [3.63, 3.8) is 0 Å². The Morgan fingerprint density at radius 3 is 2.59 bits per heavy atom. The standard InChI is InChI=1S/C17H18BrClN2O/c1-12-3-8-15(19)9-16(12)20-17(22)11-21(2)10-13-4-6-14(18)7-5-13/h3-9H,10-11H2,1-2H3,(H,20,22). The van der Waals surface area contributed by atoms with Crippen LogP contribution in [0.25, 0.3) is 0 Å². The number of amides is 1. The fourth-order valence-corrected chi connectivity index (χ4v) is 2.56. The van der Waals surface area contributed by atoms with Crippen LogP contribution in [-0.4, -0.2) is 24.4 Å². The van der Waals surface area contributed by atoms with E-state index in [9.17, 15) is 4.79 Å². The summed E-state index contributed by atoms with van der Waals surface area (Å²) < 4.78 is 1.05. The third kappa shape index (κ3) is 5.13. The van der Waals surface area contributed by atoms with Crippen LogP contribution in [0.1, 0.15) is 11.1 Å². The molecular weight excluding hydrogens is 364 g/mol. The van der Waals surface area contributed by atoms with Gasteiger partial charge in [-0.3, -0.25) is 9.69 Å². The van der Waals surface area contributed by atoms with Crippen LogP contribution >= 0.6 is 27.5 Å². The highest BCUT2D eigenvalue weighted by molar-refractivity contribution is 9.10. The molecule has 0 aliphatic heterocycles. The second-order valence-corrected chi connectivity index (χ2v) is 6.66. The van der Waals surface area contributed by atoms with E-state index in [0.717, 1.165) is 27.8 Å². The minimum Gasteiger partial charge on any atom is -0.325 e. The first-order valence-electron chi connectivity index (χ1n) is 6.93. The maximum atomic E-state index is 12.1. The van der Waals surface area contributed by atoms with Gasteiger partial charge in [-0.15, -0.1) is 0 Å². The number of halogens is 2. The zero-order chi connectivity index (χ0) is 16.1. The maximum Gasteiger partial charge on any atom is 0.238 e. The summed E-state index contributed by atoms with van der Waals surface area (Å²) in [6.45, 7) is 2.98. The van der Waals surface area contributed by atoms with Crippen molar-refractivity contribution in [2.45, 2.75) is 13.5 Å². The van der Waals surface area contributed by atoms with E-state index >= 15 is 0 Å². The average Bonchev–Trinajstić information content (AvgIpc) is 2.45. The van der Waals surface area contributed by atoms with Gasteiger partial charge in [0.1, 0.15) is 0 Å². The quantitative estimate of drug-likeness (QED) is 0.828. The molecule has 0 spiro atoms. The third-order valence-electron chi connectivity index (χ3n) is 3.25. The number of rotatable bonds is 5. The minimum absolute atomic E-state index is 0.0509. The molecule has 1 N–H and O–H groups in total. The Hall–Kier alpha value is -1.36. The zero-order valence-electron chi connectivity index (χ0n) is 12.6. The molecule has 0 saturated heterocycles. The van der Waals surface area contributed by atoms with Gasteiger partial charge < -0.3 is 5.32 Å². The van der Waals surface area contributed by atoms with Crippen molar-refractivity contribution in [2.24, 2.45) is 0 Å². The molecule has 0 aromatic heterocycles. The number of benzene rings is 2. The second kappa shape index (κ2) is 7.77. The summed E-state index contributed by atoms with van der Waals surface area (Å²) in [7, 11) is 1.92. The summed E-state index contributed by atoms with van der Waals surface area (Å²) in [5.41, 5.74) is 2.92. The number of aryl methyl sites for hydroxylation is 1. The van der Waals surface area contributed by atoms with Crippen LogP contribution in [0.15, 0.2) is 46.9 Å². The molecule has 2 aromatic rings. The molecule has 0 aliphatic rings. The lowest BCUT2D eigenvalue weighted by Gasteiger charge is -2.17. The van der Waals surface area contributed by atoms with E-state index in [1.54, 1.807) is 6.07 Å². The molecule has 0 bridgehead atoms. The molecule has 1 amide bonds. The van der Waals surface area contributed by atoms with Gasteiger partial charge in [0.05, 0.1) is 6.54 Å². The molecule has 2 aromatic carbocycles. The van der Waals surface area contributed by atoms with Gasteiger partial charge in [0, 0.05) is 21.7 Å². The Kier molecular flexibility index (Phi) is 6.00. The smallest absolute Gasteiger partial charge is 0.238 e. The Morgan fingerprint density at radius 1 is 1.23 bits per heavy atom. The number of likely N-dealkylation sites (N-methyl/N-ethyl adjacent to an activating group) is 1. The van der Waals surface area contributed by atoms with Gasteiger partial charge in [-0.2, -0.15) is 0 Å². The topological polar surface area (TPSA) is 32.3 Å². The van der Waals surface area contributed by atoms with Gasteiger partial charge in [0.2, 0.25) is 5.91 Å². The van der Waals surface area contributed by atoms with Gasteiger partial charge >= 0.3 is 0 Å². The van der Waals surface area contributed by atoms with E-state index in [0.29, 0.717) is 11.6 Å². The van der Waals surface area contributed by atoms with E-state index in [1.165, 1.54) is 0 Å². The van der Waals surface area contributed by atoms with Gasteiger partial charge in [-0.1, -0.05) is 45.7 Å². The minimum atomic E-state index is -0.0509. The first-order valence-corrected chi connectivity index (χ1v) is 8.10. The maximum absolute atomic E-state index is 12.1. The predicted octanol–water partition coefficient (Wildman–Crippen LogP) is 4.48. The summed E-state index contributed by atoms with van der Waals surface area (Å²) >= 11 is 9.37. The molecule has 0 atom stereocenters. The van der Waals surface area contributed by atoms with Crippen LogP contribution in [0, 0.1) is 6.92 Å². The van der Waals surface area contributed by atoms with Crippen molar-refractivity contribution < 1.29 is 4.79 Å². The van der Waals surface area contributed by atoms with Crippen molar-refractivity contribution in [2.75, 3.05) is 18.9 Å². The molecule has 0 fully saturated rings. The normalized spacial score (nSPS) is 10.8. The summed E-state index contributed by atoms with van der Waals surface area (Å²) in [5, 5.41) is 3.52. The highest BCUT2D eigenvalue weighted by Crippen LogP contribution is 2.20. The summed E-state index contributed by atoms with van der Waals surface area (Å²) in [4.78, 5) is 14.1. The molecule has 116 valence electrons. The Balaban J connectivity index is 1.91. The lowest BCUT2D eigenvalue weighted by molar-refractivity contribution is -0.117. The summed E-state index contributed by atoms with van der Waals surface area (Å²) in [5.74, 6) is -0.0509. The molecule has 0 radical (unpaired) electrons. The van der Waals surface area contributed by atoms with E-state index in [1.807, 2.05) is 55.3 Å². The van der Waals surface area contributed by atoms with Gasteiger partial charge in [-0.05, 0) is 49.4 Å². The summed E-state index contributed by atoms with van der Waals surface area (Å²) in [6, 6.07) is 13.6. The van der Waals surface area contributed by atoms with Crippen LogP contribution in [0.5, 0.6) is 0 Å². The molecule has 22 heavy (non-hydrogen) atoms. The van der Waals surface area contributed by atoms with Crippen molar-refractivity contribution >= 4 is 39.1 Å². The molecule has 2 rings (SSSR count). The van der Waals surface area contributed by atoms with Gasteiger partial charge in [-0.25, -0.2) is 0 Å².